The molecule has 0 radical (unpaired) electrons. The van der Waals surface area contributed by atoms with E-state index in [1.54, 1.807) is 31.2 Å². The van der Waals surface area contributed by atoms with Crippen LogP contribution in [0.2, 0.25) is 5.02 Å². The molecule has 0 aliphatic heterocycles. The van der Waals surface area contributed by atoms with E-state index in [0.717, 1.165) is 6.07 Å². The summed E-state index contributed by atoms with van der Waals surface area (Å²) in [5, 5.41) is 0.810. The standard InChI is InChI=1S/C22H14ClF2NO2S/c1-13-2-8-17(11-19(13)25)29(27,28)21-12-26-20-9-7-16(24)10-18(20)22(21)14-3-5-15(23)6-4-14/h2-12H,1H3. The SMILES string of the molecule is Cc1ccc(S(=O)(=O)c2cnc3ccc(F)cc3c2-c2ccc(Cl)cc2)cc1F. The minimum Gasteiger partial charge on any atom is -0.255 e. The zero-order valence-corrected chi connectivity index (χ0v) is 16.7. The maximum atomic E-state index is 14.1. The molecule has 1 heterocycles. The van der Waals surface area contributed by atoms with Crippen molar-refractivity contribution in [3.05, 3.63) is 89.1 Å². The Morgan fingerprint density at radius 3 is 2.34 bits per heavy atom. The molecule has 146 valence electrons. The van der Waals surface area contributed by atoms with Crippen LogP contribution in [0.1, 0.15) is 5.56 Å². The topological polar surface area (TPSA) is 47.0 Å². The van der Waals surface area contributed by atoms with E-state index in [4.69, 9.17) is 11.6 Å². The first kappa shape index (κ1) is 19.5. The second-order valence-corrected chi connectivity index (χ2v) is 8.93. The molecule has 1 aromatic heterocycles. The number of fused-ring (bicyclic) bond motifs is 1. The van der Waals surface area contributed by atoms with E-state index in [2.05, 4.69) is 4.98 Å². The summed E-state index contributed by atoms with van der Waals surface area (Å²) in [6, 6.07) is 14.2. The van der Waals surface area contributed by atoms with E-state index in [1.807, 2.05) is 0 Å². The summed E-state index contributed by atoms with van der Waals surface area (Å²) < 4.78 is 54.8. The monoisotopic (exact) mass is 429 g/mol. The average molecular weight is 430 g/mol. The molecule has 0 aliphatic carbocycles. The Balaban J connectivity index is 2.07. The highest BCUT2D eigenvalue weighted by Crippen LogP contribution is 2.37. The van der Waals surface area contributed by atoms with Crippen molar-refractivity contribution in [2.75, 3.05) is 0 Å². The van der Waals surface area contributed by atoms with E-state index in [0.29, 0.717) is 27.1 Å². The second kappa shape index (κ2) is 7.21. The number of sulfone groups is 1. The molecule has 0 spiro atoms. The van der Waals surface area contributed by atoms with Gasteiger partial charge in [-0.2, -0.15) is 0 Å². The normalized spacial score (nSPS) is 11.7. The maximum absolute atomic E-state index is 14.1. The average Bonchev–Trinajstić information content (AvgIpc) is 2.69. The van der Waals surface area contributed by atoms with E-state index < -0.39 is 21.5 Å². The lowest BCUT2D eigenvalue weighted by molar-refractivity contribution is 0.589. The Morgan fingerprint density at radius 1 is 0.931 bits per heavy atom. The van der Waals surface area contributed by atoms with Crippen LogP contribution in [0.15, 0.2) is 76.7 Å². The summed E-state index contributed by atoms with van der Waals surface area (Å²) >= 11 is 5.97. The van der Waals surface area contributed by atoms with Crippen LogP contribution >= 0.6 is 11.6 Å². The van der Waals surface area contributed by atoms with Gasteiger partial charge in [0.25, 0.3) is 0 Å². The molecular weight excluding hydrogens is 416 g/mol. The molecule has 0 bridgehead atoms. The van der Waals surface area contributed by atoms with E-state index >= 15 is 0 Å². The van der Waals surface area contributed by atoms with Crippen LogP contribution in [-0.2, 0) is 9.84 Å². The number of aromatic nitrogens is 1. The maximum Gasteiger partial charge on any atom is 0.208 e. The number of nitrogens with zero attached hydrogens (tertiary/aromatic N) is 1. The molecule has 4 rings (SSSR count). The van der Waals surface area contributed by atoms with Crippen LogP contribution in [0.5, 0.6) is 0 Å². The molecule has 0 saturated carbocycles. The molecule has 0 aliphatic rings. The first-order valence-corrected chi connectivity index (χ1v) is 10.5. The number of hydrogen-bond donors (Lipinski definition) is 0. The van der Waals surface area contributed by atoms with Crippen LogP contribution in [-0.4, -0.2) is 13.4 Å². The Labute approximate surface area is 171 Å². The Hall–Kier alpha value is -2.83. The summed E-state index contributed by atoms with van der Waals surface area (Å²) in [4.78, 5) is 3.85. The summed E-state index contributed by atoms with van der Waals surface area (Å²) in [6.07, 6.45) is 1.22. The van der Waals surface area contributed by atoms with Gasteiger partial charge in [-0.05, 0) is 60.5 Å². The molecule has 0 atom stereocenters. The van der Waals surface area contributed by atoms with Crippen LogP contribution in [0.3, 0.4) is 0 Å². The number of benzene rings is 3. The number of aryl methyl sites for hydroxylation is 1. The minimum absolute atomic E-state index is 0.138. The van der Waals surface area contributed by atoms with Gasteiger partial charge in [0.1, 0.15) is 11.6 Å². The highest BCUT2D eigenvalue weighted by atomic mass is 35.5. The number of hydrogen-bond acceptors (Lipinski definition) is 3. The van der Waals surface area contributed by atoms with Crippen molar-refractivity contribution in [2.24, 2.45) is 0 Å². The third kappa shape index (κ3) is 3.50. The zero-order valence-electron chi connectivity index (χ0n) is 15.2. The van der Waals surface area contributed by atoms with Crippen molar-refractivity contribution >= 4 is 32.3 Å². The third-order valence-electron chi connectivity index (χ3n) is 4.67. The molecule has 29 heavy (non-hydrogen) atoms. The van der Waals surface area contributed by atoms with Crippen molar-refractivity contribution in [3.63, 3.8) is 0 Å². The molecule has 4 aromatic rings. The van der Waals surface area contributed by atoms with Crippen LogP contribution in [0, 0.1) is 18.6 Å². The molecule has 3 aromatic carbocycles. The third-order valence-corrected chi connectivity index (χ3v) is 6.69. The largest absolute Gasteiger partial charge is 0.255 e. The quantitative estimate of drug-likeness (QED) is 0.402. The van der Waals surface area contributed by atoms with Gasteiger partial charge in [0.2, 0.25) is 9.84 Å². The van der Waals surface area contributed by atoms with E-state index in [1.165, 1.54) is 36.5 Å². The number of pyridine rings is 1. The van der Waals surface area contributed by atoms with Gasteiger partial charge >= 0.3 is 0 Å². The second-order valence-electron chi connectivity index (χ2n) is 6.58. The minimum atomic E-state index is -4.13. The van der Waals surface area contributed by atoms with Crippen molar-refractivity contribution in [1.82, 2.24) is 4.98 Å². The van der Waals surface area contributed by atoms with Gasteiger partial charge in [-0.15, -0.1) is 0 Å². The molecule has 3 nitrogen and oxygen atoms in total. The molecule has 0 unspecified atom stereocenters. The fourth-order valence-corrected chi connectivity index (χ4v) is 4.71. The summed E-state index contributed by atoms with van der Waals surface area (Å²) in [7, 11) is -4.13. The molecule has 0 fully saturated rings. The first-order valence-electron chi connectivity index (χ1n) is 8.63. The lowest BCUT2D eigenvalue weighted by Crippen LogP contribution is -2.06. The van der Waals surface area contributed by atoms with Gasteiger partial charge in [0.05, 0.1) is 15.3 Å². The van der Waals surface area contributed by atoms with Crippen molar-refractivity contribution in [3.8, 4) is 11.1 Å². The van der Waals surface area contributed by atoms with Gasteiger partial charge in [-0.3, -0.25) is 4.98 Å². The van der Waals surface area contributed by atoms with Crippen LogP contribution < -0.4 is 0 Å². The van der Waals surface area contributed by atoms with Gasteiger partial charge < -0.3 is 0 Å². The number of rotatable bonds is 3. The first-order chi connectivity index (χ1) is 13.8. The molecule has 0 N–H and O–H groups in total. The van der Waals surface area contributed by atoms with Crippen molar-refractivity contribution < 1.29 is 17.2 Å². The Kier molecular flexibility index (Phi) is 4.84. The lowest BCUT2D eigenvalue weighted by Gasteiger charge is -2.14. The molecule has 7 heteroatoms. The van der Waals surface area contributed by atoms with E-state index in [9.17, 15) is 17.2 Å². The van der Waals surface area contributed by atoms with Crippen molar-refractivity contribution in [2.45, 2.75) is 16.7 Å². The number of halogens is 3. The highest BCUT2D eigenvalue weighted by molar-refractivity contribution is 7.91. The van der Waals surface area contributed by atoms with Crippen molar-refractivity contribution in [1.29, 1.82) is 0 Å². The summed E-state index contributed by atoms with van der Waals surface area (Å²) in [5.74, 6) is -1.15. The molecule has 0 saturated heterocycles. The van der Waals surface area contributed by atoms with Gasteiger partial charge in [0, 0.05) is 22.2 Å². The smallest absolute Gasteiger partial charge is 0.208 e. The fraction of sp³-hybridized carbons (Fsp3) is 0.0455. The molecular formula is C22H14ClF2NO2S. The van der Waals surface area contributed by atoms with E-state index in [-0.39, 0.29) is 15.4 Å². The highest BCUT2D eigenvalue weighted by Gasteiger charge is 2.25. The Morgan fingerprint density at radius 2 is 1.66 bits per heavy atom. The Bertz CT molecular complexity index is 1350. The van der Waals surface area contributed by atoms with Gasteiger partial charge in [0.15, 0.2) is 0 Å². The predicted octanol–water partition coefficient (Wildman–Crippen LogP) is 5.97. The van der Waals surface area contributed by atoms with Crippen LogP contribution in [0.25, 0.3) is 22.0 Å². The fourth-order valence-electron chi connectivity index (χ4n) is 3.13. The zero-order chi connectivity index (χ0) is 20.8. The predicted molar refractivity (Wildman–Crippen MR) is 109 cm³/mol. The van der Waals surface area contributed by atoms with Gasteiger partial charge in [-0.1, -0.05) is 29.8 Å². The van der Waals surface area contributed by atoms with Gasteiger partial charge in [-0.25, -0.2) is 17.2 Å². The summed E-state index contributed by atoms with van der Waals surface area (Å²) in [6.45, 7) is 1.55. The lowest BCUT2D eigenvalue weighted by atomic mass is 10.0. The summed E-state index contributed by atoms with van der Waals surface area (Å²) in [5.41, 5.74) is 1.58. The molecule has 0 amide bonds. The van der Waals surface area contributed by atoms with Crippen LogP contribution in [0.4, 0.5) is 8.78 Å².